The first-order chi connectivity index (χ1) is 8.31. The second-order valence-electron chi connectivity index (χ2n) is 3.52. The van der Waals surface area contributed by atoms with Crippen LogP contribution in [-0.4, -0.2) is 33.7 Å². The van der Waals surface area contributed by atoms with Crippen LogP contribution >= 0.6 is 27.5 Å². The Kier molecular flexibility index (Phi) is 5.58. The van der Waals surface area contributed by atoms with E-state index >= 15 is 0 Å². The fraction of sp³-hybridized carbons (Fsp3) is 0.300. The first-order valence-corrected chi connectivity index (χ1v) is 8.04. The van der Waals surface area contributed by atoms with Gasteiger partial charge >= 0.3 is 0 Å². The summed E-state index contributed by atoms with van der Waals surface area (Å²) in [6.45, 7) is 0.324. The molecule has 18 heavy (non-hydrogen) atoms. The lowest BCUT2D eigenvalue weighted by Gasteiger charge is -2.07. The second kappa shape index (κ2) is 6.51. The van der Waals surface area contributed by atoms with Crippen molar-refractivity contribution >= 4 is 43.5 Å². The first-order valence-electron chi connectivity index (χ1n) is 4.98. The van der Waals surface area contributed by atoms with E-state index in [0.717, 1.165) is 6.26 Å². The Bertz CT molecular complexity index is 548. The largest absolute Gasteiger partial charge is 0.351 e. The van der Waals surface area contributed by atoms with E-state index in [1.165, 1.54) is 0 Å². The van der Waals surface area contributed by atoms with Crippen molar-refractivity contribution in [3.8, 4) is 0 Å². The number of carbonyl (C=O) groups is 1. The van der Waals surface area contributed by atoms with E-state index in [-0.39, 0.29) is 19.0 Å². The Morgan fingerprint density at radius 1 is 1.39 bits per heavy atom. The van der Waals surface area contributed by atoms with Gasteiger partial charge in [-0.15, -0.1) is 0 Å². The summed E-state index contributed by atoms with van der Waals surface area (Å²) >= 11 is 9.17. The molecule has 0 saturated carbocycles. The van der Waals surface area contributed by atoms with Crippen molar-refractivity contribution in [1.29, 1.82) is 0 Å². The second-order valence-corrected chi connectivity index (χ2v) is 6.59. The van der Waals surface area contributed by atoms with Crippen LogP contribution in [0.4, 0.5) is 0 Å². The highest BCUT2D eigenvalue weighted by Gasteiger charge is 2.11. The summed E-state index contributed by atoms with van der Waals surface area (Å²) < 4.78 is 24.5. The Morgan fingerprint density at radius 2 is 2.06 bits per heavy atom. The lowest BCUT2D eigenvalue weighted by atomic mass is 10.2. The minimum atomic E-state index is -3.24. The molecular formula is C10H12BrClN2O3S. The van der Waals surface area contributed by atoms with Gasteiger partial charge in [-0.05, 0) is 28.1 Å². The van der Waals surface area contributed by atoms with E-state index in [0.29, 0.717) is 15.1 Å². The molecule has 0 radical (unpaired) electrons. The van der Waals surface area contributed by atoms with Crippen LogP contribution in [-0.2, 0) is 10.0 Å². The average Bonchev–Trinajstić information content (AvgIpc) is 2.26. The molecule has 1 rings (SSSR count). The number of hydrogen-bond acceptors (Lipinski definition) is 3. The normalized spacial score (nSPS) is 11.3. The molecule has 8 heteroatoms. The molecule has 0 aliphatic carbocycles. The third-order valence-corrected chi connectivity index (χ3v) is 4.00. The van der Waals surface area contributed by atoms with Crippen LogP contribution in [0.5, 0.6) is 0 Å². The van der Waals surface area contributed by atoms with E-state index in [1.807, 2.05) is 0 Å². The molecule has 0 fully saturated rings. The number of sulfonamides is 1. The molecule has 2 N–H and O–H groups in total. The van der Waals surface area contributed by atoms with E-state index in [9.17, 15) is 13.2 Å². The van der Waals surface area contributed by atoms with Crippen molar-refractivity contribution in [2.24, 2.45) is 0 Å². The number of nitrogens with one attached hydrogen (secondary N) is 2. The summed E-state index contributed by atoms with van der Waals surface area (Å²) in [5.74, 6) is -0.350. The molecule has 1 amide bonds. The van der Waals surface area contributed by atoms with Crippen LogP contribution in [0.25, 0.3) is 0 Å². The third kappa shape index (κ3) is 4.93. The monoisotopic (exact) mass is 354 g/mol. The van der Waals surface area contributed by atoms with Gasteiger partial charge in [-0.1, -0.05) is 17.7 Å². The molecular weight excluding hydrogens is 344 g/mol. The summed E-state index contributed by atoms with van der Waals surface area (Å²) in [7, 11) is -3.24. The maximum Gasteiger partial charge on any atom is 0.252 e. The molecule has 100 valence electrons. The lowest BCUT2D eigenvalue weighted by Crippen LogP contribution is -2.34. The zero-order valence-corrected chi connectivity index (χ0v) is 12.7. The highest BCUT2D eigenvalue weighted by Crippen LogP contribution is 2.25. The standard InChI is InChI=1S/C10H12BrClN2O3S/c1-18(16,17)14-6-5-13-10(15)7-3-2-4-8(11)9(7)12/h2-4,14H,5-6H2,1H3,(H,13,15). The summed E-state index contributed by atoms with van der Waals surface area (Å²) in [5.41, 5.74) is 0.338. The molecule has 0 aromatic heterocycles. The fourth-order valence-electron chi connectivity index (χ4n) is 1.19. The van der Waals surface area contributed by atoms with Gasteiger partial charge in [-0.3, -0.25) is 4.79 Å². The molecule has 0 heterocycles. The van der Waals surface area contributed by atoms with E-state index in [1.54, 1.807) is 18.2 Å². The van der Waals surface area contributed by atoms with Crippen LogP contribution in [0.3, 0.4) is 0 Å². The Labute approximate surface area is 119 Å². The van der Waals surface area contributed by atoms with Gasteiger partial charge in [-0.25, -0.2) is 13.1 Å². The summed E-state index contributed by atoms with van der Waals surface area (Å²) in [6, 6.07) is 5.01. The number of benzene rings is 1. The predicted molar refractivity (Wildman–Crippen MR) is 74.3 cm³/mol. The van der Waals surface area contributed by atoms with Crippen molar-refractivity contribution < 1.29 is 13.2 Å². The molecule has 5 nitrogen and oxygen atoms in total. The molecule has 1 aromatic carbocycles. The van der Waals surface area contributed by atoms with Crippen molar-refractivity contribution in [2.75, 3.05) is 19.3 Å². The molecule has 0 aliphatic heterocycles. The molecule has 1 aromatic rings. The van der Waals surface area contributed by atoms with E-state index < -0.39 is 10.0 Å². The van der Waals surface area contributed by atoms with Crippen LogP contribution < -0.4 is 10.0 Å². The van der Waals surface area contributed by atoms with E-state index in [4.69, 9.17) is 11.6 Å². The fourth-order valence-corrected chi connectivity index (χ4v) is 2.24. The van der Waals surface area contributed by atoms with Crippen molar-refractivity contribution in [3.63, 3.8) is 0 Å². The highest BCUT2D eigenvalue weighted by atomic mass is 79.9. The van der Waals surface area contributed by atoms with Gasteiger partial charge in [0.15, 0.2) is 0 Å². The first kappa shape index (κ1) is 15.4. The van der Waals surface area contributed by atoms with Crippen LogP contribution in [0.15, 0.2) is 22.7 Å². The van der Waals surface area contributed by atoms with Gasteiger partial charge in [-0.2, -0.15) is 0 Å². The summed E-state index contributed by atoms with van der Waals surface area (Å²) in [5, 5.41) is 2.89. The lowest BCUT2D eigenvalue weighted by molar-refractivity contribution is 0.0954. The zero-order valence-electron chi connectivity index (χ0n) is 9.54. The minimum Gasteiger partial charge on any atom is -0.351 e. The van der Waals surface area contributed by atoms with Gasteiger partial charge in [0.2, 0.25) is 10.0 Å². The van der Waals surface area contributed by atoms with Gasteiger partial charge in [0.1, 0.15) is 0 Å². The van der Waals surface area contributed by atoms with Gasteiger partial charge in [0.25, 0.3) is 5.91 Å². The average molecular weight is 356 g/mol. The van der Waals surface area contributed by atoms with Crippen molar-refractivity contribution in [2.45, 2.75) is 0 Å². The van der Waals surface area contributed by atoms with Gasteiger partial charge in [0, 0.05) is 17.6 Å². The Balaban J connectivity index is 2.54. The molecule has 0 bridgehead atoms. The molecule has 0 unspecified atom stereocenters. The van der Waals surface area contributed by atoms with Crippen molar-refractivity contribution in [3.05, 3.63) is 33.3 Å². The predicted octanol–water partition coefficient (Wildman–Crippen LogP) is 1.38. The zero-order chi connectivity index (χ0) is 13.8. The number of carbonyl (C=O) groups excluding carboxylic acids is 1. The Hall–Kier alpha value is -0.630. The van der Waals surface area contributed by atoms with Crippen LogP contribution in [0, 0.1) is 0 Å². The molecule has 0 saturated heterocycles. The minimum absolute atomic E-state index is 0.135. The summed E-state index contributed by atoms with van der Waals surface area (Å²) in [4.78, 5) is 11.7. The van der Waals surface area contributed by atoms with Crippen LogP contribution in [0.1, 0.15) is 10.4 Å². The number of amides is 1. The quantitative estimate of drug-likeness (QED) is 0.784. The molecule has 0 atom stereocenters. The SMILES string of the molecule is CS(=O)(=O)NCCNC(=O)c1cccc(Br)c1Cl. The van der Waals surface area contributed by atoms with E-state index in [2.05, 4.69) is 26.0 Å². The Morgan fingerprint density at radius 3 is 2.67 bits per heavy atom. The maximum absolute atomic E-state index is 11.7. The van der Waals surface area contributed by atoms with Crippen LogP contribution in [0.2, 0.25) is 5.02 Å². The third-order valence-electron chi connectivity index (χ3n) is 1.97. The van der Waals surface area contributed by atoms with Crippen molar-refractivity contribution in [1.82, 2.24) is 10.0 Å². The highest BCUT2D eigenvalue weighted by molar-refractivity contribution is 9.10. The summed E-state index contributed by atoms with van der Waals surface area (Å²) in [6.07, 6.45) is 1.06. The topological polar surface area (TPSA) is 75.3 Å². The number of rotatable bonds is 5. The van der Waals surface area contributed by atoms with Gasteiger partial charge in [0.05, 0.1) is 16.8 Å². The maximum atomic E-state index is 11.7. The van der Waals surface area contributed by atoms with Gasteiger partial charge < -0.3 is 5.32 Å². The molecule has 0 spiro atoms. The number of hydrogen-bond donors (Lipinski definition) is 2. The number of halogens is 2. The molecule has 0 aliphatic rings. The smallest absolute Gasteiger partial charge is 0.252 e.